The Kier molecular flexibility index (Phi) is 2.85. The van der Waals surface area contributed by atoms with Crippen LogP contribution >= 0.6 is 23.4 Å². The fraction of sp³-hybridized carbons (Fsp3) is 0.0909. The summed E-state index contributed by atoms with van der Waals surface area (Å²) in [6, 6.07) is 4.98. The lowest BCUT2D eigenvalue weighted by Crippen LogP contribution is -2.20. The predicted molar refractivity (Wildman–Crippen MR) is 66.2 cm³/mol. The zero-order valence-electron chi connectivity index (χ0n) is 8.70. The minimum atomic E-state index is -1.34. The summed E-state index contributed by atoms with van der Waals surface area (Å²) < 4.78 is 0.534. The molecule has 0 radical (unpaired) electrons. The molecule has 1 N–H and O–H groups in total. The molecule has 0 fully saturated rings. The van der Waals surface area contributed by atoms with Crippen molar-refractivity contribution in [3.8, 4) is 0 Å². The molecule has 0 saturated carbocycles. The van der Waals surface area contributed by atoms with E-state index in [1.807, 2.05) is 6.92 Å². The summed E-state index contributed by atoms with van der Waals surface area (Å²) in [7, 11) is 0. The van der Waals surface area contributed by atoms with Crippen molar-refractivity contribution in [1.82, 2.24) is 4.09 Å². The molecule has 17 heavy (non-hydrogen) atoms. The number of benzene rings is 1. The van der Waals surface area contributed by atoms with Crippen LogP contribution in [0.1, 0.15) is 16.1 Å². The van der Waals surface area contributed by atoms with Crippen LogP contribution in [0.25, 0.3) is 10.8 Å². The van der Waals surface area contributed by atoms with E-state index in [-0.39, 0.29) is 5.02 Å². The average molecular weight is 272 g/mol. The highest BCUT2D eigenvalue weighted by atomic mass is 35.5. The second-order valence-corrected chi connectivity index (χ2v) is 4.32. The molecular formula is C11H7Cl2NO3. The number of carboxylic acids is 1. The molecule has 0 aliphatic heterocycles. The molecule has 0 amide bonds. The van der Waals surface area contributed by atoms with Crippen LogP contribution in [0, 0.1) is 6.92 Å². The van der Waals surface area contributed by atoms with Crippen LogP contribution < -0.4 is 5.56 Å². The topological polar surface area (TPSA) is 59.3 Å². The summed E-state index contributed by atoms with van der Waals surface area (Å²) in [6.07, 6.45) is 0. The number of halogens is 2. The Hall–Kier alpha value is -1.52. The van der Waals surface area contributed by atoms with Gasteiger partial charge >= 0.3 is 5.97 Å². The number of nitrogens with zero attached hydrogens (tertiary/aromatic N) is 1. The summed E-state index contributed by atoms with van der Waals surface area (Å²) in [5.74, 6) is -1.34. The smallest absolute Gasteiger partial charge is 0.355 e. The van der Waals surface area contributed by atoms with Crippen molar-refractivity contribution in [2.45, 2.75) is 6.92 Å². The van der Waals surface area contributed by atoms with Crippen LogP contribution in [-0.4, -0.2) is 15.2 Å². The predicted octanol–water partition coefficient (Wildman–Crippen LogP) is 2.66. The van der Waals surface area contributed by atoms with E-state index in [4.69, 9.17) is 28.5 Å². The third-order valence-corrected chi connectivity index (χ3v) is 3.13. The molecule has 4 nitrogen and oxygen atoms in total. The molecular weight excluding hydrogens is 265 g/mol. The Morgan fingerprint density at radius 1 is 1.35 bits per heavy atom. The second-order valence-electron chi connectivity index (χ2n) is 3.60. The monoisotopic (exact) mass is 271 g/mol. The summed E-state index contributed by atoms with van der Waals surface area (Å²) in [6.45, 7) is 1.82. The van der Waals surface area contributed by atoms with Crippen molar-refractivity contribution >= 4 is 40.1 Å². The molecule has 1 aromatic heterocycles. The largest absolute Gasteiger partial charge is 0.476 e. The van der Waals surface area contributed by atoms with Crippen LogP contribution in [0.2, 0.25) is 5.02 Å². The number of fused-ring (bicyclic) bond motifs is 1. The molecule has 2 aromatic rings. The number of hydrogen-bond acceptors (Lipinski definition) is 2. The van der Waals surface area contributed by atoms with Gasteiger partial charge in [0, 0.05) is 17.2 Å². The SMILES string of the molecule is Cc1ccc2c(Cl)c(C(=O)O)n(Cl)c(=O)c2c1. The van der Waals surface area contributed by atoms with Crippen LogP contribution in [0.3, 0.4) is 0 Å². The summed E-state index contributed by atoms with van der Waals surface area (Å²) in [4.78, 5) is 22.8. The van der Waals surface area contributed by atoms with Crippen molar-refractivity contribution in [2.24, 2.45) is 0 Å². The lowest BCUT2D eigenvalue weighted by atomic mass is 10.1. The molecule has 1 aromatic carbocycles. The van der Waals surface area contributed by atoms with Gasteiger partial charge in [0.25, 0.3) is 5.56 Å². The van der Waals surface area contributed by atoms with Gasteiger partial charge in [0.15, 0.2) is 5.69 Å². The van der Waals surface area contributed by atoms with Crippen LogP contribution in [-0.2, 0) is 0 Å². The molecule has 6 heteroatoms. The highest BCUT2D eigenvalue weighted by Gasteiger charge is 2.19. The lowest BCUT2D eigenvalue weighted by Gasteiger charge is -2.08. The van der Waals surface area contributed by atoms with Crippen LogP contribution in [0.4, 0.5) is 0 Å². The molecule has 0 aliphatic carbocycles. The lowest BCUT2D eigenvalue weighted by molar-refractivity contribution is 0.0689. The first-order chi connectivity index (χ1) is 7.93. The van der Waals surface area contributed by atoms with Gasteiger partial charge < -0.3 is 5.11 Å². The normalized spacial score (nSPS) is 10.8. The molecule has 0 saturated heterocycles. The van der Waals surface area contributed by atoms with Crippen LogP contribution in [0.5, 0.6) is 0 Å². The minimum Gasteiger partial charge on any atom is -0.476 e. The van der Waals surface area contributed by atoms with Gasteiger partial charge in [0.1, 0.15) is 0 Å². The van der Waals surface area contributed by atoms with Gasteiger partial charge in [-0.25, -0.2) is 8.88 Å². The Balaban J connectivity index is 3.05. The van der Waals surface area contributed by atoms with E-state index in [2.05, 4.69) is 0 Å². The van der Waals surface area contributed by atoms with Crippen molar-refractivity contribution in [1.29, 1.82) is 0 Å². The van der Waals surface area contributed by atoms with Crippen LogP contribution in [0.15, 0.2) is 23.0 Å². The van der Waals surface area contributed by atoms with Gasteiger partial charge in [-0.2, -0.15) is 0 Å². The van der Waals surface area contributed by atoms with Gasteiger partial charge in [-0.1, -0.05) is 29.3 Å². The molecule has 0 spiro atoms. The fourth-order valence-electron chi connectivity index (χ4n) is 1.63. The highest BCUT2D eigenvalue weighted by molar-refractivity contribution is 6.39. The molecule has 0 bridgehead atoms. The Morgan fingerprint density at radius 3 is 2.59 bits per heavy atom. The number of carbonyl (C=O) groups is 1. The number of aromatic carboxylic acids is 1. The zero-order chi connectivity index (χ0) is 12.7. The third-order valence-electron chi connectivity index (χ3n) is 2.43. The maximum atomic E-state index is 11.9. The van der Waals surface area contributed by atoms with Gasteiger partial charge in [-0.3, -0.25) is 4.79 Å². The molecule has 1 heterocycles. The van der Waals surface area contributed by atoms with Gasteiger partial charge in [0.05, 0.1) is 10.4 Å². The summed E-state index contributed by atoms with van der Waals surface area (Å²) >= 11 is 11.6. The first kappa shape index (κ1) is 12.0. The van der Waals surface area contributed by atoms with Gasteiger partial charge in [-0.05, 0) is 13.0 Å². The quantitative estimate of drug-likeness (QED) is 0.868. The van der Waals surface area contributed by atoms with Gasteiger partial charge in [0.2, 0.25) is 0 Å². The van der Waals surface area contributed by atoms with E-state index in [1.54, 1.807) is 18.2 Å². The van der Waals surface area contributed by atoms with E-state index in [1.165, 1.54) is 0 Å². The van der Waals surface area contributed by atoms with Crippen molar-refractivity contribution in [3.05, 3.63) is 44.8 Å². The molecule has 0 atom stereocenters. The fourth-order valence-corrected chi connectivity index (χ4v) is 2.25. The summed E-state index contributed by atoms with van der Waals surface area (Å²) in [5, 5.41) is 9.60. The average Bonchev–Trinajstić information content (AvgIpc) is 2.25. The third kappa shape index (κ3) is 1.79. The van der Waals surface area contributed by atoms with Crippen molar-refractivity contribution in [2.75, 3.05) is 0 Å². The number of pyridine rings is 1. The van der Waals surface area contributed by atoms with E-state index >= 15 is 0 Å². The first-order valence-electron chi connectivity index (χ1n) is 4.68. The first-order valence-corrected chi connectivity index (χ1v) is 5.39. The van der Waals surface area contributed by atoms with Crippen molar-refractivity contribution < 1.29 is 9.90 Å². The maximum Gasteiger partial charge on any atom is 0.355 e. The number of hydrogen-bond donors (Lipinski definition) is 1. The Morgan fingerprint density at radius 2 is 2.00 bits per heavy atom. The number of carboxylic acid groups (broad SMARTS) is 1. The standard InChI is InChI=1S/C11H7Cl2NO3/c1-5-2-3-6-7(4-5)10(15)14(13)9(8(6)12)11(16)17/h2-4H,1H3,(H,16,17). The van der Waals surface area contributed by atoms with E-state index in [0.29, 0.717) is 14.9 Å². The second kappa shape index (κ2) is 4.05. The molecule has 0 aliphatic rings. The molecule has 88 valence electrons. The maximum absolute atomic E-state index is 11.9. The van der Waals surface area contributed by atoms with Crippen molar-refractivity contribution in [3.63, 3.8) is 0 Å². The highest BCUT2D eigenvalue weighted by Crippen LogP contribution is 2.26. The Labute approximate surface area is 106 Å². The van der Waals surface area contributed by atoms with E-state index in [9.17, 15) is 9.59 Å². The Bertz CT molecular complexity index is 691. The van der Waals surface area contributed by atoms with E-state index in [0.717, 1.165) is 5.56 Å². The number of aromatic nitrogens is 1. The zero-order valence-corrected chi connectivity index (χ0v) is 10.2. The minimum absolute atomic E-state index is 0.0397. The number of rotatable bonds is 1. The van der Waals surface area contributed by atoms with Gasteiger partial charge in [-0.15, -0.1) is 0 Å². The summed E-state index contributed by atoms with van der Waals surface area (Å²) in [5.41, 5.74) is -0.146. The molecule has 2 rings (SSSR count). The number of aryl methyl sites for hydroxylation is 1. The molecule has 0 unspecified atom stereocenters. The van der Waals surface area contributed by atoms with E-state index < -0.39 is 17.2 Å².